The number of halogens is 4. The van der Waals surface area contributed by atoms with Crippen molar-refractivity contribution in [1.29, 1.82) is 0 Å². The summed E-state index contributed by atoms with van der Waals surface area (Å²) in [6.45, 7) is 0.730. The first-order valence-corrected chi connectivity index (χ1v) is 10.6. The van der Waals surface area contributed by atoms with Crippen LogP contribution in [-0.4, -0.2) is 24.1 Å². The fraction of sp³-hybridized carbons (Fsp3) is 0.263. The normalized spacial score (nSPS) is 10.5. The van der Waals surface area contributed by atoms with E-state index in [0.717, 1.165) is 23.5 Å². The van der Waals surface area contributed by atoms with Gasteiger partial charge in [0.15, 0.2) is 5.75 Å². The Kier molecular flexibility index (Phi) is 9.80. The monoisotopic (exact) mass is 466 g/mol. The number of ether oxygens (including phenoxy) is 2. The molecule has 146 valence electrons. The molecule has 27 heavy (non-hydrogen) atoms. The van der Waals surface area contributed by atoms with Gasteiger partial charge in [-0.3, -0.25) is 0 Å². The van der Waals surface area contributed by atoms with Crippen molar-refractivity contribution in [3.63, 3.8) is 0 Å². The summed E-state index contributed by atoms with van der Waals surface area (Å²) in [5, 5.41) is 10.0. The molecule has 0 fully saturated rings. The van der Waals surface area contributed by atoms with E-state index in [2.05, 4.69) is 0 Å². The maximum Gasteiger partial charge on any atom is 0.156 e. The molecule has 2 aromatic carbocycles. The Morgan fingerprint density at radius 3 is 2.30 bits per heavy atom. The number of hydrogen-bond acceptors (Lipinski definition) is 4. The van der Waals surface area contributed by atoms with Gasteiger partial charge in [-0.1, -0.05) is 46.4 Å². The van der Waals surface area contributed by atoms with Crippen LogP contribution in [0.3, 0.4) is 0 Å². The van der Waals surface area contributed by atoms with Crippen molar-refractivity contribution in [2.75, 3.05) is 19.0 Å². The van der Waals surface area contributed by atoms with Crippen LogP contribution < -0.4 is 9.47 Å². The predicted molar refractivity (Wildman–Crippen MR) is 115 cm³/mol. The van der Waals surface area contributed by atoms with E-state index in [1.54, 1.807) is 36.0 Å². The first-order chi connectivity index (χ1) is 13.0. The van der Waals surface area contributed by atoms with Crippen LogP contribution in [0.5, 0.6) is 17.2 Å². The zero-order chi connectivity index (χ0) is 19.6. The van der Waals surface area contributed by atoms with Gasteiger partial charge in [-0.15, -0.1) is 11.8 Å². The third kappa shape index (κ3) is 8.32. The fourth-order valence-corrected chi connectivity index (χ4v) is 3.68. The lowest BCUT2D eigenvalue weighted by Crippen LogP contribution is -2.00. The Balaban J connectivity index is 1.73. The van der Waals surface area contributed by atoms with E-state index in [1.807, 2.05) is 12.1 Å². The van der Waals surface area contributed by atoms with Gasteiger partial charge in [0, 0.05) is 17.0 Å². The molecule has 0 aromatic heterocycles. The summed E-state index contributed by atoms with van der Waals surface area (Å²) in [7, 11) is 0. The highest BCUT2D eigenvalue weighted by atomic mass is 35.5. The number of thioether (sulfide) groups is 1. The SMILES string of the molecule is Oc1ccc(SCCCCOc2c(Cl)cc(OCC=C(Cl)Cl)cc2Cl)cc1. The first-order valence-electron chi connectivity index (χ1n) is 8.13. The van der Waals surface area contributed by atoms with E-state index in [4.69, 9.17) is 55.9 Å². The third-order valence-electron chi connectivity index (χ3n) is 3.35. The van der Waals surface area contributed by atoms with Crippen molar-refractivity contribution in [1.82, 2.24) is 0 Å². The van der Waals surface area contributed by atoms with E-state index >= 15 is 0 Å². The number of rotatable bonds is 10. The molecule has 0 spiro atoms. The number of phenols is 1. The topological polar surface area (TPSA) is 38.7 Å². The molecule has 0 bridgehead atoms. The molecule has 3 nitrogen and oxygen atoms in total. The van der Waals surface area contributed by atoms with E-state index < -0.39 is 0 Å². The van der Waals surface area contributed by atoms with Gasteiger partial charge >= 0.3 is 0 Å². The molecule has 0 unspecified atom stereocenters. The Hall–Kier alpha value is -0.910. The summed E-state index contributed by atoms with van der Waals surface area (Å²) < 4.78 is 11.3. The largest absolute Gasteiger partial charge is 0.508 e. The molecule has 0 amide bonds. The Morgan fingerprint density at radius 2 is 1.67 bits per heavy atom. The third-order valence-corrected chi connectivity index (χ3v) is 5.32. The molecular formula is C19H18Cl4O3S. The van der Waals surface area contributed by atoms with Crippen LogP contribution in [0, 0.1) is 0 Å². The highest BCUT2D eigenvalue weighted by Gasteiger charge is 2.10. The highest BCUT2D eigenvalue weighted by Crippen LogP contribution is 2.37. The summed E-state index contributed by atoms with van der Waals surface area (Å²) in [5.74, 6) is 2.19. The van der Waals surface area contributed by atoms with Gasteiger partial charge in [-0.05, 0) is 48.9 Å². The van der Waals surface area contributed by atoms with E-state index in [-0.39, 0.29) is 16.8 Å². The quantitative estimate of drug-likeness (QED) is 0.292. The van der Waals surface area contributed by atoms with E-state index in [9.17, 15) is 5.11 Å². The Morgan fingerprint density at radius 1 is 1.00 bits per heavy atom. The van der Waals surface area contributed by atoms with Crippen LogP contribution in [0.2, 0.25) is 10.0 Å². The number of unbranched alkanes of at least 4 members (excludes halogenated alkanes) is 1. The van der Waals surface area contributed by atoms with Gasteiger partial charge in [0.05, 0.1) is 16.7 Å². The molecule has 0 radical (unpaired) electrons. The Bertz CT molecular complexity index is 739. The van der Waals surface area contributed by atoms with Crippen molar-refractivity contribution in [2.24, 2.45) is 0 Å². The molecule has 2 aromatic rings. The molecule has 0 aliphatic carbocycles. The van der Waals surface area contributed by atoms with Crippen molar-refractivity contribution < 1.29 is 14.6 Å². The van der Waals surface area contributed by atoms with Crippen LogP contribution in [0.1, 0.15) is 12.8 Å². The standard InChI is InChI=1S/C19H18Cl4O3S/c20-16-11-14(25-9-7-18(22)23)12-17(21)19(16)26-8-1-2-10-27-15-5-3-13(24)4-6-15/h3-7,11-12,24H,1-2,8-10H2. The van der Waals surface area contributed by atoms with Gasteiger partial charge in [0.2, 0.25) is 0 Å². The maximum atomic E-state index is 9.26. The zero-order valence-corrected chi connectivity index (χ0v) is 18.1. The van der Waals surface area contributed by atoms with Crippen LogP contribution in [0.25, 0.3) is 0 Å². The van der Waals surface area contributed by atoms with Gasteiger partial charge in [-0.25, -0.2) is 0 Å². The molecule has 0 saturated heterocycles. The summed E-state index contributed by atoms with van der Waals surface area (Å²) in [4.78, 5) is 1.13. The second kappa shape index (κ2) is 11.8. The Labute approximate surface area is 183 Å². The molecular weight excluding hydrogens is 450 g/mol. The second-order valence-corrected chi connectivity index (χ2v) is 8.41. The average molecular weight is 468 g/mol. The molecule has 0 heterocycles. The van der Waals surface area contributed by atoms with Crippen molar-refractivity contribution in [3.05, 3.63) is 57.0 Å². The van der Waals surface area contributed by atoms with Crippen molar-refractivity contribution in [2.45, 2.75) is 17.7 Å². The van der Waals surface area contributed by atoms with Gasteiger partial charge in [0.1, 0.15) is 22.6 Å². The zero-order valence-electron chi connectivity index (χ0n) is 14.3. The van der Waals surface area contributed by atoms with Crippen LogP contribution in [0.15, 0.2) is 51.9 Å². The lowest BCUT2D eigenvalue weighted by Gasteiger charge is -2.12. The molecule has 0 saturated carbocycles. The number of aromatic hydroxyl groups is 1. The number of hydrogen-bond donors (Lipinski definition) is 1. The van der Waals surface area contributed by atoms with E-state index in [0.29, 0.717) is 28.2 Å². The van der Waals surface area contributed by atoms with E-state index in [1.165, 1.54) is 6.08 Å². The average Bonchev–Trinajstić information content (AvgIpc) is 2.61. The highest BCUT2D eigenvalue weighted by molar-refractivity contribution is 7.99. The van der Waals surface area contributed by atoms with Gasteiger partial charge in [0.25, 0.3) is 0 Å². The molecule has 8 heteroatoms. The lowest BCUT2D eigenvalue weighted by molar-refractivity contribution is 0.309. The summed E-state index contributed by atoms with van der Waals surface area (Å²) in [5.41, 5.74) is 0. The van der Waals surface area contributed by atoms with Crippen molar-refractivity contribution in [3.8, 4) is 17.2 Å². The minimum atomic E-state index is 0.135. The molecule has 0 aliphatic rings. The maximum absolute atomic E-state index is 9.26. The molecule has 0 aliphatic heterocycles. The van der Waals surface area contributed by atoms with Crippen LogP contribution in [0.4, 0.5) is 0 Å². The predicted octanol–water partition coefficient (Wildman–Crippen LogP) is 7.35. The number of phenolic OH excluding ortho intramolecular Hbond substituents is 1. The van der Waals surface area contributed by atoms with Crippen LogP contribution >= 0.6 is 58.2 Å². The van der Waals surface area contributed by atoms with Crippen LogP contribution in [-0.2, 0) is 0 Å². The summed E-state index contributed by atoms with van der Waals surface area (Å²) in [6, 6.07) is 10.4. The lowest BCUT2D eigenvalue weighted by atomic mass is 10.3. The second-order valence-electron chi connectivity index (χ2n) is 5.42. The minimum absolute atomic E-state index is 0.135. The first kappa shape index (κ1) is 22.4. The van der Waals surface area contributed by atoms with Gasteiger partial charge < -0.3 is 14.6 Å². The van der Waals surface area contributed by atoms with Crippen molar-refractivity contribution >= 4 is 58.2 Å². The fourth-order valence-electron chi connectivity index (χ4n) is 2.07. The smallest absolute Gasteiger partial charge is 0.156 e. The summed E-state index contributed by atoms with van der Waals surface area (Å²) >= 11 is 25.2. The summed E-state index contributed by atoms with van der Waals surface area (Å²) in [6.07, 6.45) is 3.37. The molecule has 0 atom stereocenters. The minimum Gasteiger partial charge on any atom is -0.508 e. The number of benzene rings is 2. The van der Waals surface area contributed by atoms with Gasteiger partial charge in [-0.2, -0.15) is 0 Å². The molecule has 1 N–H and O–H groups in total. The molecule has 2 rings (SSSR count).